The number of pyridine rings is 1. The Hall–Kier alpha value is -5.39. The molecule has 0 spiro atoms. The standard InChI is InChI=1S/C33H23N2O.C22H32NSi.Ir/c1-21-19-24(23-11-4-3-5-12-23)20-22(2)31(21)35-29-17-8-7-16-28(29)34-33(35)27-15-10-14-26-25-13-6-9-18-30(25)36-32(26)27;1-16(2)12-18-14-20(23-15-21(18)24(6,7)8)17-10-9-11-19(13-17)22(3,4)5;/h3-14,16-20H,1-2H3;9,11,13-16H,12H2,1-8H3;/q2*-1;/i;12D2;. The Morgan fingerprint density at radius 3 is 2.15 bits per heavy atom. The van der Waals surface area contributed by atoms with E-state index in [1.807, 2.05) is 62.5 Å². The zero-order valence-corrected chi connectivity index (χ0v) is 40.3. The number of benzene rings is 6. The maximum atomic E-state index is 8.69. The van der Waals surface area contributed by atoms with E-state index in [1.165, 1.54) is 27.8 Å². The third kappa shape index (κ3) is 9.00. The Morgan fingerprint density at radius 1 is 0.770 bits per heavy atom. The molecule has 9 rings (SSSR count). The third-order valence-corrected chi connectivity index (χ3v) is 13.1. The summed E-state index contributed by atoms with van der Waals surface area (Å²) in [6, 6.07) is 50.5. The van der Waals surface area contributed by atoms with E-state index in [0.29, 0.717) is 0 Å². The van der Waals surface area contributed by atoms with Gasteiger partial charge in [0, 0.05) is 40.1 Å². The molecular formula is C55H55IrN3OSi-2. The molecule has 0 bridgehead atoms. The van der Waals surface area contributed by atoms with Crippen molar-refractivity contribution in [2.75, 3.05) is 0 Å². The average molecular weight is 996 g/mol. The molecule has 4 nitrogen and oxygen atoms in total. The van der Waals surface area contributed by atoms with Crippen LogP contribution >= 0.6 is 0 Å². The molecule has 0 saturated heterocycles. The van der Waals surface area contributed by atoms with Crippen molar-refractivity contribution >= 4 is 46.2 Å². The van der Waals surface area contributed by atoms with Crippen LogP contribution in [-0.2, 0) is 31.9 Å². The van der Waals surface area contributed by atoms with Crippen LogP contribution in [0.15, 0.2) is 138 Å². The summed E-state index contributed by atoms with van der Waals surface area (Å²) in [6.45, 7) is 21.6. The van der Waals surface area contributed by atoms with Crippen molar-refractivity contribution in [3.63, 3.8) is 0 Å². The number of aromatic nitrogens is 3. The number of rotatable bonds is 7. The molecule has 6 aromatic carbocycles. The zero-order valence-electron chi connectivity index (χ0n) is 38.9. The fourth-order valence-electron chi connectivity index (χ4n) is 8.09. The second-order valence-corrected chi connectivity index (χ2v) is 23.2. The van der Waals surface area contributed by atoms with Gasteiger partial charge in [0.25, 0.3) is 0 Å². The molecule has 0 saturated carbocycles. The molecule has 61 heavy (non-hydrogen) atoms. The summed E-state index contributed by atoms with van der Waals surface area (Å²) in [4.78, 5) is 9.82. The number of furan rings is 1. The van der Waals surface area contributed by atoms with E-state index in [4.69, 9.17) is 17.1 Å². The molecule has 6 heteroatoms. The van der Waals surface area contributed by atoms with Gasteiger partial charge >= 0.3 is 0 Å². The number of hydrogen-bond donors (Lipinski definition) is 0. The van der Waals surface area contributed by atoms with Crippen molar-refractivity contribution in [1.82, 2.24) is 14.5 Å². The van der Waals surface area contributed by atoms with Gasteiger partial charge in [-0.3, -0.25) is 4.98 Å². The van der Waals surface area contributed by atoms with E-state index in [1.54, 1.807) is 0 Å². The summed E-state index contributed by atoms with van der Waals surface area (Å²) in [5.74, 6) is 0.734. The molecule has 0 unspecified atom stereocenters. The Bertz CT molecular complexity index is 3060. The summed E-state index contributed by atoms with van der Waals surface area (Å²) in [5, 5.41) is 3.28. The van der Waals surface area contributed by atoms with Gasteiger partial charge in [0.05, 0.1) is 30.5 Å². The summed E-state index contributed by atoms with van der Waals surface area (Å²) in [5.41, 5.74) is 14.3. The molecule has 0 amide bonds. The van der Waals surface area contributed by atoms with Gasteiger partial charge in [-0.25, -0.2) is 0 Å². The van der Waals surface area contributed by atoms with Gasteiger partial charge in [0.1, 0.15) is 5.58 Å². The van der Waals surface area contributed by atoms with E-state index in [2.05, 4.69) is 156 Å². The molecule has 0 aliphatic heterocycles. The van der Waals surface area contributed by atoms with Crippen LogP contribution in [0.3, 0.4) is 0 Å². The van der Waals surface area contributed by atoms with Gasteiger partial charge in [-0.15, -0.1) is 53.6 Å². The van der Waals surface area contributed by atoms with E-state index < -0.39 is 14.4 Å². The van der Waals surface area contributed by atoms with Crippen LogP contribution in [0.1, 0.15) is 59.6 Å². The predicted molar refractivity (Wildman–Crippen MR) is 256 cm³/mol. The number of fused-ring (bicyclic) bond motifs is 4. The Balaban J connectivity index is 0.000000197. The molecule has 0 fully saturated rings. The molecule has 9 aromatic rings. The predicted octanol–water partition coefficient (Wildman–Crippen LogP) is 14.3. The van der Waals surface area contributed by atoms with Gasteiger partial charge in [-0.2, -0.15) is 0 Å². The van der Waals surface area contributed by atoms with E-state index in [0.717, 1.165) is 72.1 Å². The molecule has 3 heterocycles. The molecule has 0 aliphatic carbocycles. The first-order valence-corrected chi connectivity index (χ1v) is 24.4. The normalized spacial score (nSPS) is 12.6. The topological polar surface area (TPSA) is 43.9 Å². The van der Waals surface area contributed by atoms with Gasteiger partial charge in [-0.05, 0) is 95.0 Å². The molecule has 0 aliphatic rings. The van der Waals surface area contributed by atoms with Crippen molar-refractivity contribution < 1.29 is 27.3 Å². The van der Waals surface area contributed by atoms with Crippen LogP contribution in [0.25, 0.3) is 72.4 Å². The summed E-state index contributed by atoms with van der Waals surface area (Å²) in [7, 11) is -1.71. The molecule has 0 atom stereocenters. The minimum absolute atomic E-state index is 0. The van der Waals surface area contributed by atoms with Crippen molar-refractivity contribution in [1.29, 1.82) is 0 Å². The molecule has 3 aromatic heterocycles. The van der Waals surface area contributed by atoms with Gasteiger partial charge in [0.2, 0.25) is 0 Å². The number of imidazole rings is 1. The third-order valence-electron chi connectivity index (χ3n) is 11.0. The van der Waals surface area contributed by atoms with E-state index >= 15 is 0 Å². The first-order valence-electron chi connectivity index (χ1n) is 21.9. The minimum Gasteiger partial charge on any atom is -0.501 e. The summed E-state index contributed by atoms with van der Waals surface area (Å²) in [6.07, 6.45) is 0.531. The minimum atomic E-state index is -1.71. The molecule has 311 valence electrons. The van der Waals surface area contributed by atoms with Gasteiger partial charge in [0.15, 0.2) is 0 Å². The van der Waals surface area contributed by atoms with Gasteiger partial charge in [-0.1, -0.05) is 138 Å². The Labute approximate surface area is 379 Å². The van der Waals surface area contributed by atoms with Crippen molar-refractivity contribution in [2.24, 2.45) is 5.92 Å². The summed E-state index contributed by atoms with van der Waals surface area (Å²) >= 11 is 0. The van der Waals surface area contributed by atoms with Crippen LogP contribution in [0.4, 0.5) is 0 Å². The SMILES string of the molecule is Cc1cc(-c2ccccc2)cc(C)c1-n1c(-c2[c-]ccc3c2oc2ccccc23)nc2ccccc21.[2H]C([2H])(c1cc(-c2[c-]ccc(C(C)(C)C)c2)ncc1[Si](C)(C)C)C(C)C.[Ir]. The second-order valence-electron chi connectivity index (χ2n) is 18.2. The summed E-state index contributed by atoms with van der Waals surface area (Å²) < 4.78 is 26.0. The maximum Gasteiger partial charge on any atom is 0.120 e. The quantitative estimate of drug-likeness (QED) is 0.118. The van der Waals surface area contributed by atoms with Crippen LogP contribution < -0.4 is 5.19 Å². The van der Waals surface area contributed by atoms with Crippen LogP contribution in [0.2, 0.25) is 19.6 Å². The first-order chi connectivity index (χ1) is 29.4. The number of nitrogens with zero attached hydrogens (tertiary/aromatic N) is 3. The fraction of sp³-hybridized carbons (Fsp3) is 0.236. The Kier molecular flexibility index (Phi) is 11.8. The number of hydrogen-bond acceptors (Lipinski definition) is 3. The average Bonchev–Trinajstić information content (AvgIpc) is 3.82. The molecular weight excluding hydrogens is 939 g/mol. The molecule has 1 radical (unpaired) electrons. The fourth-order valence-corrected chi connectivity index (χ4v) is 9.50. The first kappa shape index (κ1) is 41.0. The van der Waals surface area contributed by atoms with Crippen molar-refractivity contribution in [3.05, 3.63) is 168 Å². The van der Waals surface area contributed by atoms with E-state index in [9.17, 15) is 0 Å². The van der Waals surface area contributed by atoms with Gasteiger partial charge < -0.3 is 14.0 Å². The monoisotopic (exact) mass is 996 g/mol. The Morgan fingerprint density at radius 2 is 1.44 bits per heavy atom. The zero-order chi connectivity index (χ0) is 44.1. The van der Waals surface area contributed by atoms with E-state index in [-0.39, 0.29) is 31.4 Å². The molecule has 0 N–H and O–H groups in total. The van der Waals surface area contributed by atoms with Crippen molar-refractivity contribution in [2.45, 2.75) is 79.9 Å². The van der Waals surface area contributed by atoms with Crippen LogP contribution in [0.5, 0.6) is 0 Å². The van der Waals surface area contributed by atoms with Crippen LogP contribution in [-0.4, -0.2) is 22.6 Å². The number of aryl methyl sites for hydroxylation is 2. The number of para-hydroxylation sites is 3. The maximum absolute atomic E-state index is 8.69. The smallest absolute Gasteiger partial charge is 0.120 e. The van der Waals surface area contributed by atoms with Crippen LogP contribution in [0, 0.1) is 31.9 Å². The largest absolute Gasteiger partial charge is 0.501 e. The van der Waals surface area contributed by atoms with Crippen molar-refractivity contribution in [3.8, 4) is 39.5 Å². The second kappa shape index (κ2) is 17.5.